The summed E-state index contributed by atoms with van der Waals surface area (Å²) in [6.45, 7) is 40.9. The van der Waals surface area contributed by atoms with Crippen molar-refractivity contribution in [2.24, 2.45) is 69.0 Å². The molecule has 0 spiro atoms. The maximum atomic E-state index is 10.5. The predicted octanol–water partition coefficient (Wildman–Crippen LogP) is 17.0. The van der Waals surface area contributed by atoms with E-state index in [4.69, 9.17) is 79.0 Å². The van der Waals surface area contributed by atoms with Gasteiger partial charge in [0.25, 0.3) is 0 Å². The molecule has 4 aromatic rings. The number of hydrogen-bond donors (Lipinski definition) is 13. The van der Waals surface area contributed by atoms with E-state index in [2.05, 4.69) is 89.2 Å². The molecule has 0 aliphatic rings. The van der Waals surface area contributed by atoms with Crippen molar-refractivity contribution in [3.05, 3.63) is 131 Å². The molecule has 0 amide bonds. The van der Waals surface area contributed by atoms with Crippen molar-refractivity contribution >= 4 is 29.3 Å². The van der Waals surface area contributed by atoms with Crippen LogP contribution in [0.1, 0.15) is 302 Å². The normalized spacial score (nSPS) is 10.1. The number of esters is 3. The largest absolute Gasteiger partial charge is 0.468 e. The Morgan fingerprint density at radius 3 is 1.03 bits per heavy atom. The van der Waals surface area contributed by atoms with Gasteiger partial charge in [-0.3, -0.25) is 14.4 Å². The van der Waals surface area contributed by atoms with Gasteiger partial charge >= 0.3 is 17.9 Å². The highest BCUT2D eigenvalue weighted by molar-refractivity contribution is 5.71. The summed E-state index contributed by atoms with van der Waals surface area (Å²) in [6, 6.07) is 26.2. The highest BCUT2D eigenvalue weighted by Crippen LogP contribution is 2.13. The van der Waals surface area contributed by atoms with Crippen LogP contribution in [0, 0.1) is 33.6 Å². The van der Waals surface area contributed by atoms with E-state index < -0.39 is 0 Å². The number of rotatable bonds is 39. The van der Waals surface area contributed by atoms with E-state index >= 15 is 0 Å². The zero-order chi connectivity index (χ0) is 82.5. The Kier molecular flexibility index (Phi) is 116. The van der Waals surface area contributed by atoms with E-state index in [1.165, 1.54) is 189 Å². The summed E-state index contributed by atoms with van der Waals surface area (Å²) in [7, 11) is 0. The average molecular weight is 1500 g/mol. The summed E-state index contributed by atoms with van der Waals surface area (Å²) in [5, 5.41) is 0. The van der Waals surface area contributed by atoms with Gasteiger partial charge in [-0.05, 0) is 186 Å². The molecule has 0 fully saturated rings. The second-order valence-electron chi connectivity index (χ2n) is 25.8. The van der Waals surface area contributed by atoms with E-state index in [1.54, 1.807) is 33.1 Å². The van der Waals surface area contributed by atoms with Crippen LogP contribution in [-0.4, -0.2) is 96.1 Å². The summed E-state index contributed by atoms with van der Waals surface area (Å²) in [5.74, 6) is 0.755. The van der Waals surface area contributed by atoms with Gasteiger partial charge in [-0.2, -0.15) is 0 Å². The average Bonchev–Trinajstić information content (AvgIpc) is 1.50. The van der Waals surface area contributed by atoms with Crippen molar-refractivity contribution in [2.75, 3.05) is 83.6 Å². The van der Waals surface area contributed by atoms with Crippen LogP contribution in [0.3, 0.4) is 0 Å². The Morgan fingerprint density at radius 2 is 0.792 bits per heavy atom. The minimum absolute atomic E-state index is 0.0200. The molecule has 1 aromatic heterocycles. The van der Waals surface area contributed by atoms with E-state index in [9.17, 15) is 14.4 Å². The molecule has 3 aromatic carbocycles. The molecule has 2 unspecified atom stereocenters. The Hall–Kier alpha value is -5.75. The van der Waals surface area contributed by atoms with Crippen LogP contribution in [0.25, 0.3) is 0 Å². The van der Waals surface area contributed by atoms with E-state index in [-0.39, 0.29) is 30.5 Å². The lowest BCUT2D eigenvalue weighted by atomic mass is 10.1. The van der Waals surface area contributed by atoms with Crippen LogP contribution < -0.4 is 74.5 Å². The van der Waals surface area contributed by atoms with Gasteiger partial charge in [0.05, 0.1) is 45.6 Å². The monoisotopic (exact) mass is 1500 g/mol. The van der Waals surface area contributed by atoms with Gasteiger partial charge in [0, 0.05) is 43.0 Å². The summed E-state index contributed by atoms with van der Waals surface area (Å²) < 4.78 is 18.5. The zero-order valence-corrected chi connectivity index (χ0v) is 71.0. The molecule has 20 nitrogen and oxygen atoms in total. The van der Waals surface area contributed by atoms with E-state index in [0.29, 0.717) is 70.8 Å². The van der Waals surface area contributed by atoms with Gasteiger partial charge in [-0.15, -0.1) is 6.58 Å². The smallest absolute Gasteiger partial charge is 0.319 e. The number of anilines is 2. The molecule has 0 saturated heterocycles. The van der Waals surface area contributed by atoms with Crippen LogP contribution >= 0.6 is 0 Å². The summed E-state index contributed by atoms with van der Waals surface area (Å²) in [5.41, 5.74) is 76.7. The number of benzene rings is 3. The molecule has 0 saturated carbocycles. The highest BCUT2D eigenvalue weighted by atomic mass is 16.5. The fourth-order valence-electron chi connectivity index (χ4n) is 7.88. The van der Waals surface area contributed by atoms with Gasteiger partial charge in [-0.25, -0.2) is 0 Å². The number of carbonyl (C=O) groups is 3. The second-order valence-corrected chi connectivity index (χ2v) is 25.8. The first-order valence-corrected chi connectivity index (χ1v) is 40.4. The number of ether oxygens (including phenoxy) is 3. The molecule has 2 atom stereocenters. The summed E-state index contributed by atoms with van der Waals surface area (Å²) in [4.78, 5) is 30.9. The third kappa shape index (κ3) is 114. The zero-order valence-electron chi connectivity index (χ0n) is 71.0. The van der Waals surface area contributed by atoms with Crippen molar-refractivity contribution < 1.29 is 33.0 Å². The molecule has 4 rings (SSSR count). The summed E-state index contributed by atoms with van der Waals surface area (Å²) in [6.07, 6.45) is 39.9. The topological polar surface area (TPSA) is 430 Å². The standard InChI is InChI=1S/C10H23N.C9H21N.3C8H11N.C8H19N.C7H17N.C6H13NO2.C5H11NO2.C5H7NO.C5H13N.C4H9NO2.C3H7N/c1-2-3-4-5-6-7-8-9-10-11;1-2-3-4-5-6-7-8-9-10;1-6-3-4-8(9)5-7(6)2;1-6-3-4-8(9)7(2)5-6;1-7(9)8-5-3-2-4-6-8;1-2-3-4-5-6-7-8-9;1-2-3-4-5-6-7-8;1-2-9-6(8)4-3-5-7;1-2-8-5(7)3-4-6;6-4-5-2-1-3-7-5;1-4(2)5(3)6;1-2-7-4(6)3-5;1-2-3-4/h2-11H2,1H3;2-10H2,1H3;2*3-5H,9H2,1-2H3;2-7H,9H2,1H3;2-9H2,1H3;2-8H2,1H3;2-5,7H2,1H3;2-4,6H2,1H3;1-3H,4,6H2;4-5H,6H2,1-3H3;2-3,5H2,1H3;2H,1,3-4H2. The van der Waals surface area contributed by atoms with Crippen LogP contribution in [0.15, 0.2) is 102 Å². The Bertz CT molecular complexity index is 2210. The van der Waals surface area contributed by atoms with Gasteiger partial charge in [0.2, 0.25) is 0 Å². The first kappa shape index (κ1) is 119. The molecule has 624 valence electrons. The van der Waals surface area contributed by atoms with E-state index in [1.807, 2.05) is 93.6 Å². The first-order chi connectivity index (χ1) is 50.8. The number of unbranched alkanes of at least 4 members (excludes halogenated alkanes) is 22. The first-order valence-electron chi connectivity index (χ1n) is 40.4. The number of aryl methyl sites for hydroxylation is 4. The Morgan fingerprint density at radius 1 is 0.425 bits per heavy atom. The molecule has 0 aliphatic carbocycles. The van der Waals surface area contributed by atoms with Crippen molar-refractivity contribution in [3.8, 4) is 0 Å². The van der Waals surface area contributed by atoms with Gasteiger partial charge in [0.15, 0.2) is 0 Å². The molecule has 26 N–H and O–H groups in total. The molecule has 20 heteroatoms. The molecule has 0 radical (unpaired) electrons. The lowest BCUT2D eigenvalue weighted by Gasteiger charge is -2.05. The summed E-state index contributed by atoms with van der Waals surface area (Å²) >= 11 is 0. The minimum Gasteiger partial charge on any atom is -0.468 e. The molecular formula is C86H173N13O7. The van der Waals surface area contributed by atoms with Crippen molar-refractivity contribution in [2.45, 2.75) is 309 Å². The molecule has 0 aliphatic heterocycles. The number of carbonyl (C=O) groups excluding carboxylic acids is 3. The third-order valence-corrected chi connectivity index (χ3v) is 15.0. The number of hydrogen-bond acceptors (Lipinski definition) is 20. The number of nitrogens with two attached hydrogens (primary N) is 13. The van der Waals surface area contributed by atoms with E-state index in [0.717, 1.165) is 55.3 Å². The van der Waals surface area contributed by atoms with Crippen molar-refractivity contribution in [1.82, 2.24) is 0 Å². The SMILES string of the molecule is C=CCN.CC(C)C(C)N.CC(N)c1ccccc1.CCCCCCCCCCN.CCCCCCCCCN.CCCCCCCCN.CCCCCCCN.CCOC(=O)CCCN.CCOC(=O)CCN.CCOC(=O)CN.Cc1ccc(N)c(C)c1.Cc1ccc(N)cc1C.NCc1ccco1. The fraction of sp³-hybridized carbons (Fsp3) is 0.686. The van der Waals surface area contributed by atoms with Crippen molar-refractivity contribution in [3.63, 3.8) is 0 Å². The Labute approximate surface area is 651 Å². The third-order valence-electron chi connectivity index (χ3n) is 15.0. The van der Waals surface area contributed by atoms with Crippen LogP contribution in [-0.2, 0) is 35.1 Å². The highest BCUT2D eigenvalue weighted by Gasteiger charge is 2.00. The van der Waals surface area contributed by atoms with Crippen LogP contribution in [0.4, 0.5) is 11.4 Å². The fourth-order valence-corrected chi connectivity index (χ4v) is 7.88. The second kappa shape index (κ2) is 103. The predicted molar refractivity (Wildman–Crippen MR) is 464 cm³/mol. The van der Waals surface area contributed by atoms with Crippen molar-refractivity contribution in [1.29, 1.82) is 0 Å². The lowest BCUT2D eigenvalue weighted by Crippen LogP contribution is -2.21. The van der Waals surface area contributed by atoms with Gasteiger partial charge in [0.1, 0.15) is 5.76 Å². The number of furan rings is 1. The maximum absolute atomic E-state index is 10.5. The van der Waals surface area contributed by atoms with Crippen LogP contribution in [0.2, 0.25) is 0 Å². The Balaban J connectivity index is -0.000000138. The minimum atomic E-state index is -0.345. The molecular weight excluding hydrogens is 1330 g/mol. The quantitative estimate of drug-likeness (QED) is 0.00649. The lowest BCUT2D eigenvalue weighted by molar-refractivity contribution is -0.143. The maximum Gasteiger partial charge on any atom is 0.319 e. The number of nitrogen functional groups attached to an aromatic ring is 2. The van der Waals surface area contributed by atoms with Gasteiger partial charge < -0.3 is 93.2 Å². The van der Waals surface area contributed by atoms with Crippen LogP contribution in [0.5, 0.6) is 0 Å². The molecule has 1 heterocycles. The van der Waals surface area contributed by atoms with Gasteiger partial charge in [-0.1, -0.05) is 243 Å². The molecule has 106 heavy (non-hydrogen) atoms. The molecule has 0 bridgehead atoms.